The molecule has 118 valence electrons. The van der Waals surface area contributed by atoms with E-state index >= 15 is 0 Å². The molecule has 5 heteroatoms. The predicted molar refractivity (Wildman–Crippen MR) is 81.9 cm³/mol. The molecule has 1 saturated heterocycles. The Balaban J connectivity index is 2.09. The van der Waals surface area contributed by atoms with Crippen LogP contribution in [0.4, 0.5) is 5.69 Å². The molecule has 1 aromatic carbocycles. The third-order valence-corrected chi connectivity index (χ3v) is 3.91. The van der Waals surface area contributed by atoms with Gasteiger partial charge in [0.25, 0.3) is 0 Å². The number of hydrogen-bond acceptors (Lipinski definition) is 5. The highest BCUT2D eigenvalue weighted by Gasteiger charge is 2.24. The van der Waals surface area contributed by atoms with E-state index in [4.69, 9.17) is 14.6 Å². The summed E-state index contributed by atoms with van der Waals surface area (Å²) in [5, 5.41) is 18.9. The van der Waals surface area contributed by atoms with Gasteiger partial charge >= 0.3 is 0 Å². The lowest BCUT2D eigenvalue weighted by Gasteiger charge is -2.35. The molecule has 0 unspecified atom stereocenters. The lowest BCUT2D eigenvalue weighted by molar-refractivity contribution is 0.0158. The van der Waals surface area contributed by atoms with Crippen molar-refractivity contribution in [2.75, 3.05) is 38.3 Å². The molecule has 1 aliphatic heterocycles. The molecule has 1 aromatic rings. The van der Waals surface area contributed by atoms with Crippen LogP contribution in [0.3, 0.4) is 0 Å². The molecule has 0 saturated carbocycles. The van der Waals surface area contributed by atoms with Crippen molar-refractivity contribution in [3.63, 3.8) is 0 Å². The monoisotopic (exact) mass is 295 g/mol. The van der Waals surface area contributed by atoms with Gasteiger partial charge in [0.1, 0.15) is 5.75 Å². The van der Waals surface area contributed by atoms with Gasteiger partial charge in [-0.15, -0.1) is 0 Å². The number of methoxy groups -OCH3 is 1. The summed E-state index contributed by atoms with van der Waals surface area (Å²) in [6.07, 6.45) is 1.50. The molecule has 2 N–H and O–H groups in total. The molecule has 5 nitrogen and oxygen atoms in total. The average Bonchev–Trinajstić information content (AvgIpc) is 2.52. The Hall–Kier alpha value is -1.30. The second-order valence-electron chi connectivity index (χ2n) is 5.35. The van der Waals surface area contributed by atoms with Gasteiger partial charge in [0.2, 0.25) is 0 Å². The van der Waals surface area contributed by atoms with Crippen LogP contribution >= 0.6 is 0 Å². The number of aliphatic hydroxyl groups is 2. The van der Waals surface area contributed by atoms with E-state index in [0.29, 0.717) is 6.61 Å². The maximum absolute atomic E-state index is 10.1. The van der Waals surface area contributed by atoms with Gasteiger partial charge in [-0.25, -0.2) is 0 Å². The summed E-state index contributed by atoms with van der Waals surface area (Å²) in [6.45, 7) is 4.00. The van der Waals surface area contributed by atoms with E-state index in [1.807, 2.05) is 18.2 Å². The molecular formula is C16H25NO4. The normalized spacial score (nSPS) is 17.8. The van der Waals surface area contributed by atoms with E-state index in [-0.39, 0.29) is 12.7 Å². The van der Waals surface area contributed by atoms with Crippen molar-refractivity contribution >= 4 is 5.69 Å². The van der Waals surface area contributed by atoms with Gasteiger partial charge in [-0.2, -0.15) is 0 Å². The van der Waals surface area contributed by atoms with Crippen molar-refractivity contribution in [2.45, 2.75) is 32.0 Å². The Morgan fingerprint density at radius 3 is 2.62 bits per heavy atom. The van der Waals surface area contributed by atoms with Gasteiger partial charge < -0.3 is 24.6 Å². The van der Waals surface area contributed by atoms with Crippen LogP contribution in [0.15, 0.2) is 18.2 Å². The molecule has 0 spiro atoms. The van der Waals surface area contributed by atoms with E-state index in [1.54, 1.807) is 14.0 Å². The molecule has 2 rings (SSSR count). The largest absolute Gasteiger partial charge is 0.496 e. The van der Waals surface area contributed by atoms with Crippen LogP contribution in [0.1, 0.15) is 31.4 Å². The zero-order chi connectivity index (χ0) is 15.2. The first kappa shape index (κ1) is 16.1. The molecule has 1 heterocycles. The minimum Gasteiger partial charge on any atom is -0.496 e. The molecule has 21 heavy (non-hydrogen) atoms. The maximum atomic E-state index is 10.1. The van der Waals surface area contributed by atoms with Crippen LogP contribution in [0.2, 0.25) is 0 Å². The van der Waals surface area contributed by atoms with E-state index in [1.165, 1.54) is 0 Å². The Morgan fingerprint density at radius 1 is 1.33 bits per heavy atom. The zero-order valence-corrected chi connectivity index (χ0v) is 12.8. The summed E-state index contributed by atoms with van der Waals surface area (Å²) in [7, 11) is 1.62. The molecule has 0 aliphatic carbocycles. The fourth-order valence-corrected chi connectivity index (χ4v) is 2.89. The first-order chi connectivity index (χ1) is 10.2. The molecule has 0 bridgehead atoms. The standard InChI is InChI=1S/C16H25NO4/c1-12(19)16-14(4-3-5-15(16)20-2)17-8-6-13(7-9-17)21-11-10-18/h3-5,12-13,18-19H,6-11H2,1-2H3/t12-/m1/s1. The highest BCUT2D eigenvalue weighted by molar-refractivity contribution is 5.60. The van der Waals surface area contributed by atoms with Crippen molar-refractivity contribution in [3.05, 3.63) is 23.8 Å². The van der Waals surface area contributed by atoms with Gasteiger partial charge in [-0.3, -0.25) is 0 Å². The van der Waals surface area contributed by atoms with Gasteiger partial charge in [0.15, 0.2) is 0 Å². The minimum absolute atomic E-state index is 0.0717. The Bertz CT molecular complexity index is 442. The highest BCUT2D eigenvalue weighted by atomic mass is 16.5. The topological polar surface area (TPSA) is 62.2 Å². The average molecular weight is 295 g/mol. The quantitative estimate of drug-likeness (QED) is 0.837. The molecule has 0 radical (unpaired) electrons. The number of aliphatic hydroxyl groups excluding tert-OH is 2. The van der Waals surface area contributed by atoms with Gasteiger partial charge in [-0.05, 0) is 31.9 Å². The fraction of sp³-hybridized carbons (Fsp3) is 0.625. The van der Waals surface area contributed by atoms with Crippen molar-refractivity contribution in [2.24, 2.45) is 0 Å². The molecule has 0 amide bonds. The second kappa shape index (κ2) is 7.64. The van der Waals surface area contributed by atoms with E-state index in [0.717, 1.165) is 42.9 Å². The third-order valence-electron chi connectivity index (χ3n) is 3.91. The lowest BCUT2D eigenvalue weighted by atomic mass is 10.0. The second-order valence-corrected chi connectivity index (χ2v) is 5.35. The summed E-state index contributed by atoms with van der Waals surface area (Å²) < 4.78 is 11.0. The molecule has 0 aromatic heterocycles. The zero-order valence-electron chi connectivity index (χ0n) is 12.8. The minimum atomic E-state index is -0.570. The Kier molecular flexibility index (Phi) is 5.85. The SMILES string of the molecule is COc1cccc(N2CCC(OCCO)CC2)c1[C@@H](C)O. The summed E-state index contributed by atoms with van der Waals surface area (Å²) in [4.78, 5) is 2.27. The van der Waals surface area contributed by atoms with Crippen LogP contribution in [-0.4, -0.2) is 49.7 Å². The Labute approximate surface area is 126 Å². The lowest BCUT2D eigenvalue weighted by Crippen LogP contribution is -2.38. The van der Waals surface area contributed by atoms with Crippen molar-refractivity contribution in [3.8, 4) is 5.75 Å². The highest BCUT2D eigenvalue weighted by Crippen LogP contribution is 2.35. The Morgan fingerprint density at radius 2 is 2.05 bits per heavy atom. The number of piperidine rings is 1. The van der Waals surface area contributed by atoms with Gasteiger partial charge in [-0.1, -0.05) is 6.07 Å². The van der Waals surface area contributed by atoms with Crippen LogP contribution in [0.25, 0.3) is 0 Å². The smallest absolute Gasteiger partial charge is 0.126 e. The third kappa shape index (κ3) is 3.87. The maximum Gasteiger partial charge on any atom is 0.126 e. The molecule has 1 atom stereocenters. The first-order valence-electron chi connectivity index (χ1n) is 7.49. The summed E-state index contributed by atoms with van der Waals surface area (Å²) in [6, 6.07) is 5.86. The van der Waals surface area contributed by atoms with Crippen molar-refractivity contribution in [1.82, 2.24) is 0 Å². The van der Waals surface area contributed by atoms with Gasteiger partial charge in [0.05, 0.1) is 32.5 Å². The van der Waals surface area contributed by atoms with Crippen molar-refractivity contribution in [1.29, 1.82) is 0 Å². The van der Waals surface area contributed by atoms with Crippen LogP contribution in [0, 0.1) is 0 Å². The fourth-order valence-electron chi connectivity index (χ4n) is 2.89. The van der Waals surface area contributed by atoms with E-state index in [2.05, 4.69) is 4.90 Å². The van der Waals surface area contributed by atoms with Crippen LogP contribution in [-0.2, 0) is 4.74 Å². The number of ether oxygens (including phenoxy) is 2. The number of anilines is 1. The molecule has 1 fully saturated rings. The van der Waals surface area contributed by atoms with Crippen molar-refractivity contribution < 1.29 is 19.7 Å². The van der Waals surface area contributed by atoms with Crippen LogP contribution in [0.5, 0.6) is 5.75 Å². The summed E-state index contributed by atoms with van der Waals surface area (Å²) >= 11 is 0. The number of benzene rings is 1. The van der Waals surface area contributed by atoms with Gasteiger partial charge in [0, 0.05) is 24.3 Å². The first-order valence-corrected chi connectivity index (χ1v) is 7.49. The number of hydrogen-bond donors (Lipinski definition) is 2. The number of rotatable bonds is 6. The molecule has 1 aliphatic rings. The van der Waals surface area contributed by atoms with Crippen LogP contribution < -0.4 is 9.64 Å². The van der Waals surface area contributed by atoms with E-state index < -0.39 is 6.10 Å². The predicted octanol–water partition coefficient (Wildman–Crippen LogP) is 1.73. The summed E-state index contributed by atoms with van der Waals surface area (Å²) in [5.74, 6) is 0.723. The van der Waals surface area contributed by atoms with E-state index in [9.17, 15) is 5.11 Å². The summed E-state index contributed by atoms with van der Waals surface area (Å²) in [5.41, 5.74) is 1.87. The number of nitrogens with zero attached hydrogens (tertiary/aromatic N) is 1. The molecular weight excluding hydrogens is 270 g/mol.